The van der Waals surface area contributed by atoms with E-state index < -0.39 is 0 Å². The summed E-state index contributed by atoms with van der Waals surface area (Å²) in [7, 11) is 0. The van der Waals surface area contributed by atoms with Crippen LogP contribution in [0.2, 0.25) is 0 Å². The summed E-state index contributed by atoms with van der Waals surface area (Å²) in [4.78, 5) is 0. The van der Waals surface area contributed by atoms with Gasteiger partial charge in [-0.05, 0) is 36.2 Å². The zero-order valence-corrected chi connectivity index (χ0v) is 11.6. The van der Waals surface area contributed by atoms with Crippen LogP contribution < -0.4 is 10.1 Å². The second kappa shape index (κ2) is 5.55. The molecule has 2 aromatic rings. The SMILES string of the molecule is CC(Nc1ccccc1CO)c1ccc2c(c1)CCO2. The van der Waals surface area contributed by atoms with Crippen LogP contribution in [-0.4, -0.2) is 11.7 Å². The molecule has 3 nitrogen and oxygen atoms in total. The van der Waals surface area contributed by atoms with Crippen molar-refractivity contribution in [1.82, 2.24) is 0 Å². The van der Waals surface area contributed by atoms with Gasteiger partial charge >= 0.3 is 0 Å². The highest BCUT2D eigenvalue weighted by molar-refractivity contribution is 5.53. The number of aliphatic hydroxyl groups is 1. The molecule has 0 saturated heterocycles. The van der Waals surface area contributed by atoms with E-state index in [1.807, 2.05) is 30.3 Å². The van der Waals surface area contributed by atoms with Crippen molar-refractivity contribution in [3.05, 3.63) is 59.2 Å². The zero-order chi connectivity index (χ0) is 13.9. The summed E-state index contributed by atoms with van der Waals surface area (Å²) in [5, 5.41) is 12.8. The Morgan fingerprint density at radius 2 is 2.10 bits per heavy atom. The normalized spacial score (nSPS) is 14.5. The number of aliphatic hydroxyl groups excluding tert-OH is 1. The van der Waals surface area contributed by atoms with Crippen LogP contribution in [0, 0.1) is 0 Å². The first kappa shape index (κ1) is 13.0. The molecule has 0 fully saturated rings. The van der Waals surface area contributed by atoms with Crippen molar-refractivity contribution in [2.24, 2.45) is 0 Å². The van der Waals surface area contributed by atoms with E-state index in [0.29, 0.717) is 0 Å². The van der Waals surface area contributed by atoms with E-state index in [0.717, 1.165) is 30.0 Å². The van der Waals surface area contributed by atoms with Crippen LogP contribution in [0.1, 0.15) is 29.7 Å². The molecule has 3 heteroatoms. The summed E-state index contributed by atoms with van der Waals surface area (Å²) in [6.07, 6.45) is 0.989. The first-order chi connectivity index (χ1) is 9.78. The highest BCUT2D eigenvalue weighted by Crippen LogP contribution is 2.29. The molecule has 0 radical (unpaired) electrons. The summed E-state index contributed by atoms with van der Waals surface area (Å²) < 4.78 is 5.53. The molecule has 3 rings (SSSR count). The van der Waals surface area contributed by atoms with Gasteiger partial charge in [0.25, 0.3) is 0 Å². The molecule has 0 saturated carbocycles. The van der Waals surface area contributed by atoms with Crippen molar-refractivity contribution in [2.75, 3.05) is 11.9 Å². The van der Waals surface area contributed by atoms with E-state index in [2.05, 4.69) is 24.4 Å². The molecule has 2 aromatic carbocycles. The molecule has 1 aliphatic rings. The fraction of sp³-hybridized carbons (Fsp3) is 0.294. The molecule has 20 heavy (non-hydrogen) atoms. The second-order valence-electron chi connectivity index (χ2n) is 5.15. The maximum atomic E-state index is 9.37. The maximum Gasteiger partial charge on any atom is 0.122 e. The average molecular weight is 269 g/mol. The molecular weight excluding hydrogens is 250 g/mol. The number of nitrogens with one attached hydrogen (secondary N) is 1. The number of hydrogen-bond acceptors (Lipinski definition) is 3. The van der Waals surface area contributed by atoms with Crippen molar-refractivity contribution in [1.29, 1.82) is 0 Å². The predicted molar refractivity (Wildman–Crippen MR) is 80.0 cm³/mol. The van der Waals surface area contributed by atoms with E-state index in [1.54, 1.807) is 0 Å². The number of rotatable bonds is 4. The minimum atomic E-state index is 0.0495. The maximum absolute atomic E-state index is 9.37. The van der Waals surface area contributed by atoms with Crippen LogP contribution in [0.5, 0.6) is 5.75 Å². The Morgan fingerprint density at radius 3 is 2.95 bits per heavy atom. The average Bonchev–Trinajstić information content (AvgIpc) is 2.95. The Labute approximate surface area is 119 Å². The third-order valence-corrected chi connectivity index (χ3v) is 3.77. The zero-order valence-electron chi connectivity index (χ0n) is 11.6. The van der Waals surface area contributed by atoms with Gasteiger partial charge in [0, 0.05) is 23.7 Å². The van der Waals surface area contributed by atoms with Crippen molar-refractivity contribution in [2.45, 2.75) is 26.0 Å². The van der Waals surface area contributed by atoms with E-state index in [-0.39, 0.29) is 12.6 Å². The molecule has 104 valence electrons. The molecule has 0 spiro atoms. The highest BCUT2D eigenvalue weighted by atomic mass is 16.5. The molecule has 2 N–H and O–H groups in total. The number of benzene rings is 2. The van der Waals surface area contributed by atoms with Gasteiger partial charge < -0.3 is 15.2 Å². The van der Waals surface area contributed by atoms with Crippen LogP contribution in [-0.2, 0) is 13.0 Å². The lowest BCUT2D eigenvalue weighted by Gasteiger charge is -2.18. The van der Waals surface area contributed by atoms with Crippen LogP contribution in [0.3, 0.4) is 0 Å². The van der Waals surface area contributed by atoms with Crippen molar-refractivity contribution in [3.8, 4) is 5.75 Å². The number of anilines is 1. The van der Waals surface area contributed by atoms with Gasteiger partial charge in [-0.3, -0.25) is 0 Å². The van der Waals surface area contributed by atoms with Crippen molar-refractivity contribution >= 4 is 5.69 Å². The molecule has 1 aliphatic heterocycles. The quantitative estimate of drug-likeness (QED) is 0.895. The summed E-state index contributed by atoms with van der Waals surface area (Å²) >= 11 is 0. The van der Waals surface area contributed by atoms with Gasteiger partial charge in [0.1, 0.15) is 5.75 Å². The van der Waals surface area contributed by atoms with Gasteiger partial charge in [0.15, 0.2) is 0 Å². The summed E-state index contributed by atoms with van der Waals surface area (Å²) in [5.41, 5.74) is 4.43. The summed E-state index contributed by atoms with van der Waals surface area (Å²) in [5.74, 6) is 1.01. The fourth-order valence-corrected chi connectivity index (χ4v) is 2.59. The van der Waals surface area contributed by atoms with Gasteiger partial charge in [0.05, 0.1) is 13.2 Å². The van der Waals surface area contributed by atoms with Gasteiger partial charge in [-0.15, -0.1) is 0 Å². The van der Waals surface area contributed by atoms with Gasteiger partial charge in [0.2, 0.25) is 0 Å². The third-order valence-electron chi connectivity index (χ3n) is 3.77. The molecular formula is C17H19NO2. The standard InChI is InChI=1S/C17H19NO2/c1-12(18-16-5-3-2-4-15(16)11-19)13-6-7-17-14(10-13)8-9-20-17/h2-7,10,12,18-19H,8-9,11H2,1H3. The molecule has 1 heterocycles. The Hall–Kier alpha value is -2.00. The molecule has 0 bridgehead atoms. The number of para-hydroxylation sites is 1. The topological polar surface area (TPSA) is 41.5 Å². The third kappa shape index (κ3) is 2.49. The Bertz CT molecular complexity index is 610. The highest BCUT2D eigenvalue weighted by Gasteiger charge is 2.15. The van der Waals surface area contributed by atoms with E-state index in [1.165, 1.54) is 11.1 Å². The number of fused-ring (bicyclic) bond motifs is 1. The predicted octanol–water partition coefficient (Wildman–Crippen LogP) is 3.29. The molecule has 1 atom stereocenters. The smallest absolute Gasteiger partial charge is 0.122 e. The van der Waals surface area contributed by atoms with Crippen LogP contribution in [0.15, 0.2) is 42.5 Å². The first-order valence-corrected chi connectivity index (χ1v) is 6.99. The van der Waals surface area contributed by atoms with Gasteiger partial charge in [-0.1, -0.05) is 24.3 Å². The first-order valence-electron chi connectivity index (χ1n) is 6.99. The minimum absolute atomic E-state index is 0.0495. The molecule has 0 aromatic heterocycles. The Kier molecular flexibility index (Phi) is 3.61. The summed E-state index contributed by atoms with van der Waals surface area (Å²) in [6, 6.07) is 14.4. The lowest BCUT2D eigenvalue weighted by Crippen LogP contribution is -2.08. The largest absolute Gasteiger partial charge is 0.493 e. The van der Waals surface area contributed by atoms with Crippen LogP contribution in [0.25, 0.3) is 0 Å². The van der Waals surface area contributed by atoms with E-state index >= 15 is 0 Å². The minimum Gasteiger partial charge on any atom is -0.493 e. The molecule has 1 unspecified atom stereocenters. The summed E-state index contributed by atoms with van der Waals surface area (Å²) in [6.45, 7) is 2.97. The van der Waals surface area contributed by atoms with Crippen molar-refractivity contribution in [3.63, 3.8) is 0 Å². The number of hydrogen-bond donors (Lipinski definition) is 2. The van der Waals surface area contributed by atoms with Gasteiger partial charge in [-0.25, -0.2) is 0 Å². The van der Waals surface area contributed by atoms with Gasteiger partial charge in [-0.2, -0.15) is 0 Å². The molecule has 0 aliphatic carbocycles. The monoisotopic (exact) mass is 269 g/mol. The van der Waals surface area contributed by atoms with Crippen molar-refractivity contribution < 1.29 is 9.84 Å². The molecule has 0 amide bonds. The van der Waals surface area contributed by atoms with E-state index in [9.17, 15) is 5.11 Å². The fourth-order valence-electron chi connectivity index (χ4n) is 2.59. The Morgan fingerprint density at radius 1 is 1.25 bits per heavy atom. The number of ether oxygens (including phenoxy) is 1. The Balaban J connectivity index is 1.81. The van der Waals surface area contributed by atoms with E-state index in [4.69, 9.17) is 4.74 Å². The lowest BCUT2D eigenvalue weighted by molar-refractivity contribution is 0.282. The lowest BCUT2D eigenvalue weighted by atomic mass is 10.0. The van der Waals surface area contributed by atoms with Crippen LogP contribution in [0.4, 0.5) is 5.69 Å². The van der Waals surface area contributed by atoms with Crippen LogP contribution >= 0.6 is 0 Å². The second-order valence-corrected chi connectivity index (χ2v) is 5.15.